The number of piperazine rings is 1. The summed E-state index contributed by atoms with van der Waals surface area (Å²) in [6, 6.07) is 10.3. The third-order valence-electron chi connectivity index (χ3n) is 7.29. The Morgan fingerprint density at radius 3 is 2.82 bits per heavy atom. The van der Waals surface area contributed by atoms with Crippen molar-refractivity contribution in [3.8, 4) is 0 Å². The predicted octanol–water partition coefficient (Wildman–Crippen LogP) is 2.65. The van der Waals surface area contributed by atoms with Crippen molar-refractivity contribution in [3.05, 3.63) is 62.8 Å². The number of nitrogens with one attached hydrogen (secondary N) is 2. The largest absolute Gasteiger partial charge is 0.331 e. The lowest BCUT2D eigenvalue weighted by Crippen LogP contribution is -2.56. The van der Waals surface area contributed by atoms with Crippen molar-refractivity contribution >= 4 is 49.6 Å². The summed E-state index contributed by atoms with van der Waals surface area (Å²) in [5.74, 6) is 0.419. The van der Waals surface area contributed by atoms with E-state index < -0.39 is 10.0 Å². The highest BCUT2D eigenvalue weighted by Crippen LogP contribution is 2.29. The van der Waals surface area contributed by atoms with E-state index in [9.17, 15) is 13.2 Å². The monoisotopic (exact) mass is 586 g/mol. The first kappa shape index (κ1) is 26.3. The molecule has 1 fully saturated rings. The van der Waals surface area contributed by atoms with Gasteiger partial charge in [0.05, 0.1) is 10.6 Å². The summed E-state index contributed by atoms with van der Waals surface area (Å²) in [6.07, 6.45) is 1.75. The average molecular weight is 587 g/mol. The van der Waals surface area contributed by atoms with Gasteiger partial charge in [0.25, 0.3) is 5.91 Å². The number of rotatable bonds is 6. The lowest BCUT2D eigenvalue weighted by Gasteiger charge is -2.40. The highest BCUT2D eigenvalue weighted by atomic mass is 35.5. The number of fused-ring (bicyclic) bond motifs is 2. The van der Waals surface area contributed by atoms with Gasteiger partial charge < -0.3 is 10.2 Å². The van der Waals surface area contributed by atoms with Crippen LogP contribution in [0.25, 0.3) is 10.8 Å². The molecule has 0 spiro atoms. The van der Waals surface area contributed by atoms with E-state index in [1.165, 1.54) is 15.6 Å². The van der Waals surface area contributed by atoms with Crippen LogP contribution in [-0.2, 0) is 29.4 Å². The molecule has 2 atom stereocenters. The van der Waals surface area contributed by atoms with Crippen LogP contribution in [0, 0.1) is 0 Å². The second-order valence-corrected chi connectivity index (χ2v) is 13.4. The van der Waals surface area contributed by atoms with E-state index >= 15 is 0 Å². The molecule has 2 aromatic heterocycles. The van der Waals surface area contributed by atoms with Crippen LogP contribution in [0.2, 0.25) is 5.02 Å². The number of amides is 1. The molecule has 1 saturated heterocycles. The van der Waals surface area contributed by atoms with Gasteiger partial charge in [0, 0.05) is 61.0 Å². The SMILES string of the molecule is CC1Cc2nc(C(=O)N3CCN(S(=O)(=O)c4ccc5cc(Cl)ccc5c4)CC3CCc3nnn[nH]3)sc2CN1. The van der Waals surface area contributed by atoms with Crippen LogP contribution in [0.4, 0.5) is 0 Å². The van der Waals surface area contributed by atoms with Crippen LogP contribution in [0.5, 0.6) is 0 Å². The average Bonchev–Trinajstić information content (AvgIpc) is 3.61. The lowest BCUT2D eigenvalue weighted by molar-refractivity contribution is 0.0550. The van der Waals surface area contributed by atoms with Gasteiger partial charge in [0.15, 0.2) is 5.01 Å². The summed E-state index contributed by atoms with van der Waals surface area (Å²) in [7, 11) is -3.80. The molecule has 14 heteroatoms. The number of hydrogen-bond donors (Lipinski definition) is 2. The van der Waals surface area contributed by atoms with Gasteiger partial charge >= 0.3 is 0 Å². The van der Waals surface area contributed by atoms with Gasteiger partial charge in [0.1, 0.15) is 5.82 Å². The number of aromatic amines is 1. The van der Waals surface area contributed by atoms with E-state index in [1.807, 2.05) is 6.07 Å². The van der Waals surface area contributed by atoms with Crippen molar-refractivity contribution in [2.24, 2.45) is 0 Å². The molecule has 6 rings (SSSR count). The van der Waals surface area contributed by atoms with Gasteiger partial charge in [-0.3, -0.25) is 4.79 Å². The molecule has 39 heavy (non-hydrogen) atoms. The predicted molar refractivity (Wildman–Crippen MR) is 147 cm³/mol. The molecule has 2 unspecified atom stereocenters. The summed E-state index contributed by atoms with van der Waals surface area (Å²) in [5.41, 5.74) is 0.970. The van der Waals surface area contributed by atoms with Crippen molar-refractivity contribution in [1.82, 2.24) is 40.1 Å². The number of aryl methyl sites for hydroxylation is 1. The molecular weight excluding hydrogens is 560 g/mol. The zero-order chi connectivity index (χ0) is 27.1. The number of aromatic nitrogens is 5. The topological polar surface area (TPSA) is 137 Å². The molecular formula is C25H27ClN8O3S2. The fourth-order valence-corrected chi connectivity index (χ4v) is 7.86. The Morgan fingerprint density at radius 1 is 1.18 bits per heavy atom. The summed E-state index contributed by atoms with van der Waals surface area (Å²) in [5, 5.41) is 20.1. The van der Waals surface area contributed by atoms with Crippen LogP contribution < -0.4 is 5.32 Å². The smallest absolute Gasteiger partial charge is 0.283 e. The number of tetrazole rings is 1. The minimum Gasteiger partial charge on any atom is -0.331 e. The molecule has 4 aromatic rings. The minimum absolute atomic E-state index is 0.164. The van der Waals surface area contributed by atoms with Crippen molar-refractivity contribution in [3.63, 3.8) is 0 Å². The number of carbonyl (C=O) groups excluding carboxylic acids is 1. The maximum atomic E-state index is 13.7. The van der Waals surface area contributed by atoms with E-state index in [1.54, 1.807) is 35.2 Å². The third-order valence-corrected chi connectivity index (χ3v) is 10.5. The molecule has 0 aliphatic carbocycles. The zero-order valence-electron chi connectivity index (χ0n) is 21.2. The standard InChI is InChI=1S/C25H27ClN8O3S2/c1-15-10-21-22(13-27-15)38-24(28-21)25(35)34-9-8-33(14-19(34)5-7-23-29-31-32-30-23)39(36,37)20-6-3-16-11-18(26)4-2-17(16)12-20/h2-4,6,11-12,15,19,27H,5,7-10,13-14H2,1H3,(H,29,30,31,32). The number of nitrogens with zero attached hydrogens (tertiary/aromatic N) is 6. The van der Waals surface area contributed by atoms with E-state index in [0.717, 1.165) is 27.8 Å². The highest BCUT2D eigenvalue weighted by molar-refractivity contribution is 7.89. The Kier molecular flexibility index (Phi) is 7.10. The molecule has 2 aromatic carbocycles. The quantitative estimate of drug-likeness (QED) is 0.352. The Balaban J connectivity index is 1.26. The van der Waals surface area contributed by atoms with Gasteiger partial charge in [0.2, 0.25) is 10.0 Å². The van der Waals surface area contributed by atoms with Crippen LogP contribution in [0.3, 0.4) is 0 Å². The Labute approximate surface area is 234 Å². The Hall–Kier alpha value is -2.97. The number of hydrogen-bond acceptors (Lipinski definition) is 9. The molecule has 2 aliphatic heterocycles. The summed E-state index contributed by atoms with van der Waals surface area (Å²) in [4.78, 5) is 21.4. The molecule has 11 nitrogen and oxygen atoms in total. The van der Waals surface area contributed by atoms with E-state index in [0.29, 0.717) is 41.3 Å². The molecule has 1 amide bonds. The number of benzene rings is 2. The Bertz CT molecular complexity index is 1630. The molecule has 0 saturated carbocycles. The van der Waals surface area contributed by atoms with E-state index in [2.05, 4.69) is 37.8 Å². The summed E-state index contributed by atoms with van der Waals surface area (Å²) < 4.78 is 28.9. The van der Waals surface area contributed by atoms with Gasteiger partial charge in [-0.1, -0.05) is 23.7 Å². The third kappa shape index (κ3) is 5.29. The van der Waals surface area contributed by atoms with Crippen molar-refractivity contribution in [1.29, 1.82) is 0 Å². The maximum Gasteiger partial charge on any atom is 0.283 e. The van der Waals surface area contributed by atoms with Crippen molar-refractivity contribution < 1.29 is 13.2 Å². The molecule has 0 radical (unpaired) electrons. The van der Waals surface area contributed by atoms with Gasteiger partial charge in [-0.05, 0) is 58.8 Å². The maximum absolute atomic E-state index is 13.7. The highest BCUT2D eigenvalue weighted by Gasteiger charge is 2.38. The Morgan fingerprint density at radius 2 is 2.00 bits per heavy atom. The van der Waals surface area contributed by atoms with E-state index in [4.69, 9.17) is 11.6 Å². The first-order valence-corrected chi connectivity index (χ1v) is 15.4. The summed E-state index contributed by atoms with van der Waals surface area (Å²) >= 11 is 7.51. The second kappa shape index (κ2) is 10.5. The minimum atomic E-state index is -3.80. The fraction of sp³-hybridized carbons (Fsp3) is 0.400. The number of H-pyrrole nitrogens is 1. The first-order chi connectivity index (χ1) is 18.8. The van der Waals surface area contributed by atoms with E-state index in [-0.39, 0.29) is 36.5 Å². The van der Waals surface area contributed by atoms with Gasteiger partial charge in [-0.15, -0.1) is 16.4 Å². The zero-order valence-corrected chi connectivity index (χ0v) is 23.6. The lowest BCUT2D eigenvalue weighted by atomic mass is 10.1. The number of carbonyl (C=O) groups is 1. The van der Waals surface area contributed by atoms with Crippen LogP contribution in [0.15, 0.2) is 41.3 Å². The van der Waals surface area contributed by atoms with Crippen LogP contribution in [0.1, 0.15) is 39.5 Å². The summed E-state index contributed by atoms with van der Waals surface area (Å²) in [6.45, 7) is 3.42. The van der Waals surface area contributed by atoms with Crippen molar-refractivity contribution in [2.75, 3.05) is 19.6 Å². The molecule has 2 N–H and O–H groups in total. The molecule has 2 aliphatic rings. The normalized spacial score (nSPS) is 20.3. The van der Waals surface area contributed by atoms with Crippen LogP contribution in [-0.4, -0.2) is 80.9 Å². The number of halogens is 1. The van der Waals surface area contributed by atoms with Gasteiger partial charge in [-0.2, -0.15) is 4.31 Å². The fourth-order valence-electron chi connectivity index (χ4n) is 5.18. The molecule has 4 heterocycles. The van der Waals surface area contributed by atoms with Crippen LogP contribution >= 0.6 is 22.9 Å². The second-order valence-electron chi connectivity index (χ2n) is 9.93. The molecule has 204 valence electrons. The number of thiazole rings is 1. The molecule has 0 bridgehead atoms. The van der Waals surface area contributed by atoms with Crippen molar-refractivity contribution in [2.45, 2.75) is 49.7 Å². The van der Waals surface area contributed by atoms with Gasteiger partial charge in [-0.25, -0.2) is 18.5 Å². The first-order valence-electron chi connectivity index (χ1n) is 12.7. The number of sulfonamides is 1.